The van der Waals surface area contributed by atoms with Crippen molar-refractivity contribution in [1.29, 1.82) is 0 Å². The van der Waals surface area contributed by atoms with Crippen molar-refractivity contribution >= 4 is 17.1 Å². The van der Waals surface area contributed by atoms with Crippen LogP contribution in [0.5, 0.6) is 0 Å². The van der Waals surface area contributed by atoms with Gasteiger partial charge in [-0.15, -0.1) is 0 Å². The average Bonchev–Trinajstić information content (AvgIpc) is 2.24. The molecule has 0 unspecified atom stereocenters. The van der Waals surface area contributed by atoms with Gasteiger partial charge in [0, 0.05) is 11.9 Å². The molecule has 2 rings (SSSR count). The van der Waals surface area contributed by atoms with Crippen LogP contribution in [0.2, 0.25) is 0 Å². The SMILES string of the molecule is Cc1ccc(Nc2cncc(N)c2)cc1F. The number of nitrogens with one attached hydrogen (secondary N) is 1. The molecule has 0 aliphatic heterocycles. The van der Waals surface area contributed by atoms with E-state index in [9.17, 15) is 4.39 Å². The fourth-order valence-corrected chi connectivity index (χ4v) is 1.36. The van der Waals surface area contributed by atoms with E-state index in [0.29, 0.717) is 16.9 Å². The number of nitrogens with two attached hydrogens (primary N) is 1. The number of hydrogen-bond donors (Lipinski definition) is 2. The lowest BCUT2D eigenvalue weighted by molar-refractivity contribution is 0.619. The van der Waals surface area contributed by atoms with Crippen LogP contribution in [0.25, 0.3) is 0 Å². The summed E-state index contributed by atoms with van der Waals surface area (Å²) in [5.74, 6) is -0.234. The zero-order chi connectivity index (χ0) is 11.5. The number of hydrogen-bond acceptors (Lipinski definition) is 3. The number of nitrogens with zero attached hydrogens (tertiary/aromatic N) is 1. The Labute approximate surface area is 93.1 Å². The second-order valence-corrected chi connectivity index (χ2v) is 3.60. The van der Waals surface area contributed by atoms with Gasteiger partial charge < -0.3 is 11.1 Å². The van der Waals surface area contributed by atoms with E-state index < -0.39 is 0 Å². The van der Waals surface area contributed by atoms with Crippen molar-refractivity contribution in [2.75, 3.05) is 11.1 Å². The summed E-state index contributed by atoms with van der Waals surface area (Å²) in [7, 11) is 0. The standard InChI is InChI=1S/C12H12FN3/c1-8-2-3-10(5-12(8)13)16-11-4-9(14)6-15-7-11/h2-7,16H,14H2,1H3. The van der Waals surface area contributed by atoms with Crippen molar-refractivity contribution in [3.05, 3.63) is 48.0 Å². The number of anilines is 3. The lowest BCUT2D eigenvalue weighted by Gasteiger charge is -2.07. The van der Waals surface area contributed by atoms with Gasteiger partial charge in [0.1, 0.15) is 5.82 Å². The number of aryl methyl sites for hydroxylation is 1. The molecule has 0 spiro atoms. The van der Waals surface area contributed by atoms with Crippen molar-refractivity contribution in [1.82, 2.24) is 4.98 Å². The summed E-state index contributed by atoms with van der Waals surface area (Å²) < 4.78 is 13.3. The molecule has 1 heterocycles. The van der Waals surface area contributed by atoms with Crippen LogP contribution in [-0.4, -0.2) is 4.98 Å². The lowest BCUT2D eigenvalue weighted by Crippen LogP contribution is -1.94. The van der Waals surface area contributed by atoms with Crippen LogP contribution < -0.4 is 11.1 Å². The van der Waals surface area contributed by atoms with Crippen LogP contribution in [0.4, 0.5) is 21.5 Å². The molecule has 0 atom stereocenters. The smallest absolute Gasteiger partial charge is 0.128 e. The Morgan fingerprint density at radius 1 is 1.19 bits per heavy atom. The van der Waals surface area contributed by atoms with Gasteiger partial charge in [-0.2, -0.15) is 0 Å². The minimum Gasteiger partial charge on any atom is -0.397 e. The first-order valence-electron chi connectivity index (χ1n) is 4.89. The average molecular weight is 217 g/mol. The molecule has 82 valence electrons. The van der Waals surface area contributed by atoms with Crippen LogP contribution in [0.1, 0.15) is 5.56 Å². The molecule has 1 aromatic carbocycles. The van der Waals surface area contributed by atoms with Gasteiger partial charge in [-0.3, -0.25) is 4.98 Å². The molecule has 3 nitrogen and oxygen atoms in total. The van der Waals surface area contributed by atoms with E-state index in [1.807, 2.05) is 6.07 Å². The summed E-state index contributed by atoms with van der Waals surface area (Å²) in [6.45, 7) is 1.72. The van der Waals surface area contributed by atoms with Crippen molar-refractivity contribution in [2.24, 2.45) is 0 Å². The van der Waals surface area contributed by atoms with Gasteiger partial charge in [-0.1, -0.05) is 6.07 Å². The maximum absolute atomic E-state index is 13.3. The minimum absolute atomic E-state index is 0.234. The molecule has 0 saturated carbocycles. The van der Waals surface area contributed by atoms with Crippen molar-refractivity contribution in [2.45, 2.75) is 6.92 Å². The monoisotopic (exact) mass is 217 g/mol. The largest absolute Gasteiger partial charge is 0.397 e. The number of halogens is 1. The molecule has 4 heteroatoms. The number of aromatic nitrogens is 1. The van der Waals surface area contributed by atoms with Crippen molar-refractivity contribution in [3.8, 4) is 0 Å². The molecule has 0 aliphatic rings. The number of nitrogen functional groups attached to an aromatic ring is 1. The third kappa shape index (κ3) is 2.28. The molecule has 1 aromatic heterocycles. The van der Waals surface area contributed by atoms with Crippen LogP contribution in [-0.2, 0) is 0 Å². The highest BCUT2D eigenvalue weighted by molar-refractivity contribution is 5.62. The molecular formula is C12H12FN3. The van der Waals surface area contributed by atoms with E-state index in [2.05, 4.69) is 10.3 Å². The first kappa shape index (κ1) is 10.4. The molecule has 0 fully saturated rings. The first-order valence-corrected chi connectivity index (χ1v) is 4.89. The zero-order valence-corrected chi connectivity index (χ0v) is 8.87. The fourth-order valence-electron chi connectivity index (χ4n) is 1.36. The van der Waals surface area contributed by atoms with E-state index in [1.54, 1.807) is 31.5 Å². The molecule has 0 amide bonds. The second kappa shape index (κ2) is 4.18. The maximum Gasteiger partial charge on any atom is 0.128 e. The van der Waals surface area contributed by atoms with Gasteiger partial charge in [0.05, 0.1) is 17.6 Å². The highest BCUT2D eigenvalue weighted by Crippen LogP contribution is 2.19. The van der Waals surface area contributed by atoms with Gasteiger partial charge in [-0.25, -0.2) is 4.39 Å². The maximum atomic E-state index is 13.3. The quantitative estimate of drug-likeness (QED) is 0.813. The topological polar surface area (TPSA) is 50.9 Å². The molecule has 0 aliphatic carbocycles. The predicted octanol–water partition coefficient (Wildman–Crippen LogP) is 2.85. The number of rotatable bonds is 2. The van der Waals surface area contributed by atoms with Gasteiger partial charge in [-0.05, 0) is 30.7 Å². The van der Waals surface area contributed by atoms with Gasteiger partial charge in [0.15, 0.2) is 0 Å². The fraction of sp³-hybridized carbons (Fsp3) is 0.0833. The Morgan fingerprint density at radius 2 is 2.00 bits per heavy atom. The second-order valence-electron chi connectivity index (χ2n) is 3.60. The number of pyridine rings is 1. The minimum atomic E-state index is -0.234. The van der Waals surface area contributed by atoms with Crippen molar-refractivity contribution in [3.63, 3.8) is 0 Å². The van der Waals surface area contributed by atoms with E-state index in [4.69, 9.17) is 5.73 Å². The number of benzene rings is 1. The van der Waals surface area contributed by atoms with Crippen LogP contribution in [0, 0.1) is 12.7 Å². The third-order valence-electron chi connectivity index (χ3n) is 2.22. The van der Waals surface area contributed by atoms with E-state index >= 15 is 0 Å². The summed E-state index contributed by atoms with van der Waals surface area (Å²) in [5.41, 5.74) is 8.19. The molecule has 0 radical (unpaired) electrons. The van der Waals surface area contributed by atoms with E-state index in [-0.39, 0.29) is 5.82 Å². The Kier molecular flexibility index (Phi) is 2.72. The predicted molar refractivity (Wildman–Crippen MR) is 63.1 cm³/mol. The van der Waals surface area contributed by atoms with Gasteiger partial charge in [0.25, 0.3) is 0 Å². The molecule has 16 heavy (non-hydrogen) atoms. The summed E-state index contributed by atoms with van der Waals surface area (Å²) in [6.07, 6.45) is 3.19. The molecule has 0 bridgehead atoms. The van der Waals surface area contributed by atoms with Gasteiger partial charge in [0.2, 0.25) is 0 Å². The van der Waals surface area contributed by atoms with Gasteiger partial charge >= 0.3 is 0 Å². The summed E-state index contributed by atoms with van der Waals surface area (Å²) in [4.78, 5) is 3.94. The van der Waals surface area contributed by atoms with Crippen molar-refractivity contribution < 1.29 is 4.39 Å². The first-order chi connectivity index (χ1) is 7.65. The Hall–Kier alpha value is -2.10. The zero-order valence-electron chi connectivity index (χ0n) is 8.87. The van der Waals surface area contributed by atoms with E-state index in [1.165, 1.54) is 6.07 Å². The highest BCUT2D eigenvalue weighted by atomic mass is 19.1. The Balaban J connectivity index is 2.24. The third-order valence-corrected chi connectivity index (χ3v) is 2.22. The normalized spacial score (nSPS) is 10.1. The van der Waals surface area contributed by atoms with Crippen LogP contribution in [0.3, 0.4) is 0 Å². The van der Waals surface area contributed by atoms with E-state index in [0.717, 1.165) is 5.69 Å². The summed E-state index contributed by atoms with van der Waals surface area (Å²) in [5, 5.41) is 3.03. The summed E-state index contributed by atoms with van der Waals surface area (Å²) >= 11 is 0. The molecule has 2 aromatic rings. The lowest BCUT2D eigenvalue weighted by atomic mass is 10.2. The Bertz CT molecular complexity index is 511. The molecular weight excluding hydrogens is 205 g/mol. The Morgan fingerprint density at radius 3 is 2.69 bits per heavy atom. The summed E-state index contributed by atoms with van der Waals surface area (Å²) in [6, 6.07) is 6.71. The molecule has 3 N–H and O–H groups in total. The van der Waals surface area contributed by atoms with Crippen LogP contribution in [0.15, 0.2) is 36.7 Å². The van der Waals surface area contributed by atoms with Crippen LogP contribution >= 0.6 is 0 Å². The molecule has 0 saturated heterocycles. The highest BCUT2D eigenvalue weighted by Gasteiger charge is 2.00.